The standard InChI is InChI=1S/C15H16N2O3S/c18-14(16-6-8-21-9-7-16)11-17-10-13(20-15(17)19)12-4-2-1-3-5-12/h1-5,10H,6-9,11H2. The molecule has 3 rings (SSSR count). The quantitative estimate of drug-likeness (QED) is 0.866. The van der Waals surface area contributed by atoms with E-state index in [1.807, 2.05) is 42.1 Å². The fourth-order valence-corrected chi connectivity index (χ4v) is 3.18. The van der Waals surface area contributed by atoms with Crippen LogP contribution in [-0.4, -0.2) is 40.0 Å². The van der Waals surface area contributed by atoms with Crippen molar-refractivity contribution in [1.82, 2.24) is 9.47 Å². The van der Waals surface area contributed by atoms with Crippen LogP contribution in [0.4, 0.5) is 0 Å². The lowest BCUT2D eigenvalue weighted by molar-refractivity contribution is -0.131. The lowest BCUT2D eigenvalue weighted by atomic mass is 10.2. The van der Waals surface area contributed by atoms with Gasteiger partial charge < -0.3 is 9.32 Å². The molecule has 6 heteroatoms. The highest BCUT2D eigenvalue weighted by Gasteiger charge is 2.18. The minimum absolute atomic E-state index is 0.0298. The average Bonchev–Trinajstić information content (AvgIpc) is 2.90. The SMILES string of the molecule is O=C(Cn1cc(-c2ccccc2)oc1=O)N1CCSCC1. The number of carbonyl (C=O) groups is 1. The molecule has 0 N–H and O–H groups in total. The number of hydrogen-bond donors (Lipinski definition) is 0. The van der Waals surface area contributed by atoms with Crippen LogP contribution in [0.15, 0.2) is 45.7 Å². The molecular weight excluding hydrogens is 288 g/mol. The van der Waals surface area contributed by atoms with Gasteiger partial charge in [-0.15, -0.1) is 0 Å². The maximum absolute atomic E-state index is 12.2. The molecule has 1 aromatic carbocycles. The van der Waals surface area contributed by atoms with Crippen LogP contribution in [0, 0.1) is 0 Å². The molecular formula is C15H16N2O3S. The van der Waals surface area contributed by atoms with Gasteiger partial charge >= 0.3 is 5.76 Å². The van der Waals surface area contributed by atoms with E-state index in [1.54, 1.807) is 11.1 Å². The second-order valence-electron chi connectivity index (χ2n) is 4.85. The normalized spacial score (nSPS) is 15.1. The maximum atomic E-state index is 12.2. The summed E-state index contributed by atoms with van der Waals surface area (Å²) in [5.41, 5.74) is 0.829. The molecule has 21 heavy (non-hydrogen) atoms. The summed E-state index contributed by atoms with van der Waals surface area (Å²) in [5.74, 6) is 1.89. The van der Waals surface area contributed by atoms with E-state index in [1.165, 1.54) is 4.57 Å². The van der Waals surface area contributed by atoms with Crippen molar-refractivity contribution in [2.45, 2.75) is 6.54 Å². The van der Waals surface area contributed by atoms with Gasteiger partial charge in [0.1, 0.15) is 6.54 Å². The van der Waals surface area contributed by atoms with Gasteiger partial charge in [0.05, 0.1) is 6.20 Å². The molecule has 0 atom stereocenters. The summed E-state index contributed by atoms with van der Waals surface area (Å²) in [6, 6.07) is 9.39. The Balaban J connectivity index is 1.76. The molecule has 2 aromatic rings. The summed E-state index contributed by atoms with van der Waals surface area (Å²) in [7, 11) is 0. The van der Waals surface area contributed by atoms with Crippen LogP contribution in [0.25, 0.3) is 11.3 Å². The zero-order valence-electron chi connectivity index (χ0n) is 11.5. The monoisotopic (exact) mass is 304 g/mol. The second kappa shape index (κ2) is 6.22. The summed E-state index contributed by atoms with van der Waals surface area (Å²) in [5, 5.41) is 0. The van der Waals surface area contributed by atoms with Gasteiger partial charge in [0.25, 0.3) is 0 Å². The average molecular weight is 304 g/mol. The number of oxazole rings is 1. The van der Waals surface area contributed by atoms with Crippen molar-refractivity contribution in [3.8, 4) is 11.3 Å². The molecule has 0 unspecified atom stereocenters. The number of nitrogens with zero attached hydrogens (tertiary/aromatic N) is 2. The lowest BCUT2D eigenvalue weighted by Gasteiger charge is -2.26. The molecule has 5 nitrogen and oxygen atoms in total. The minimum atomic E-state index is -0.492. The molecule has 1 aliphatic heterocycles. The van der Waals surface area contributed by atoms with E-state index in [0.717, 1.165) is 30.2 Å². The van der Waals surface area contributed by atoms with Crippen molar-refractivity contribution in [3.05, 3.63) is 47.1 Å². The maximum Gasteiger partial charge on any atom is 0.419 e. The molecule has 0 saturated carbocycles. The second-order valence-corrected chi connectivity index (χ2v) is 6.07. The van der Waals surface area contributed by atoms with Crippen molar-refractivity contribution >= 4 is 17.7 Å². The Labute approximate surface area is 126 Å². The predicted octanol–water partition coefficient (Wildman–Crippen LogP) is 1.68. The van der Waals surface area contributed by atoms with Crippen LogP contribution in [0.2, 0.25) is 0 Å². The van der Waals surface area contributed by atoms with E-state index >= 15 is 0 Å². The van der Waals surface area contributed by atoms with Gasteiger partial charge in [0.15, 0.2) is 5.76 Å². The molecule has 0 bridgehead atoms. The first-order valence-electron chi connectivity index (χ1n) is 6.85. The molecule has 0 spiro atoms. The summed E-state index contributed by atoms with van der Waals surface area (Å²) in [6.07, 6.45) is 1.61. The fraction of sp³-hybridized carbons (Fsp3) is 0.333. The highest BCUT2D eigenvalue weighted by Crippen LogP contribution is 2.17. The number of thioether (sulfide) groups is 1. The summed E-state index contributed by atoms with van der Waals surface area (Å²) < 4.78 is 6.56. The molecule has 1 fully saturated rings. The van der Waals surface area contributed by atoms with Crippen LogP contribution in [0.5, 0.6) is 0 Å². The van der Waals surface area contributed by atoms with Gasteiger partial charge in [-0.1, -0.05) is 30.3 Å². The molecule has 1 saturated heterocycles. The van der Waals surface area contributed by atoms with Crippen LogP contribution < -0.4 is 5.76 Å². The van der Waals surface area contributed by atoms with Gasteiger partial charge in [0.2, 0.25) is 5.91 Å². The first-order valence-corrected chi connectivity index (χ1v) is 8.01. The van der Waals surface area contributed by atoms with Crippen molar-refractivity contribution in [3.63, 3.8) is 0 Å². The smallest absolute Gasteiger partial charge is 0.408 e. The Morgan fingerprint density at radius 2 is 1.90 bits per heavy atom. The number of hydrogen-bond acceptors (Lipinski definition) is 4. The van der Waals surface area contributed by atoms with E-state index in [0.29, 0.717) is 5.76 Å². The number of rotatable bonds is 3. The topological polar surface area (TPSA) is 55.5 Å². The molecule has 2 heterocycles. The Hall–Kier alpha value is -1.95. The highest BCUT2D eigenvalue weighted by atomic mass is 32.2. The third-order valence-electron chi connectivity index (χ3n) is 3.43. The van der Waals surface area contributed by atoms with E-state index in [9.17, 15) is 9.59 Å². The summed E-state index contributed by atoms with van der Waals surface area (Å²) in [6.45, 7) is 1.54. The third kappa shape index (κ3) is 3.21. The van der Waals surface area contributed by atoms with Crippen molar-refractivity contribution < 1.29 is 9.21 Å². The van der Waals surface area contributed by atoms with Gasteiger partial charge in [-0.2, -0.15) is 11.8 Å². The number of carbonyl (C=O) groups excluding carboxylic acids is 1. The molecule has 1 aliphatic rings. The molecule has 1 amide bonds. The number of benzene rings is 1. The van der Waals surface area contributed by atoms with E-state index in [-0.39, 0.29) is 12.5 Å². The molecule has 0 aliphatic carbocycles. The lowest BCUT2D eigenvalue weighted by Crippen LogP contribution is -2.40. The summed E-state index contributed by atoms with van der Waals surface area (Å²) in [4.78, 5) is 25.8. The van der Waals surface area contributed by atoms with Crippen LogP contribution in [0.1, 0.15) is 0 Å². The van der Waals surface area contributed by atoms with E-state index in [4.69, 9.17) is 4.42 Å². The Kier molecular flexibility index (Phi) is 4.15. The Morgan fingerprint density at radius 3 is 2.62 bits per heavy atom. The summed E-state index contributed by atoms with van der Waals surface area (Å²) >= 11 is 1.85. The van der Waals surface area contributed by atoms with Gasteiger partial charge in [-0.05, 0) is 0 Å². The third-order valence-corrected chi connectivity index (χ3v) is 4.38. The molecule has 1 aromatic heterocycles. The Bertz CT molecular complexity index is 672. The zero-order valence-corrected chi connectivity index (χ0v) is 12.3. The van der Waals surface area contributed by atoms with Gasteiger partial charge in [-0.25, -0.2) is 4.79 Å². The first-order chi connectivity index (χ1) is 10.2. The van der Waals surface area contributed by atoms with Crippen LogP contribution in [0.3, 0.4) is 0 Å². The molecule has 0 radical (unpaired) electrons. The van der Waals surface area contributed by atoms with Crippen molar-refractivity contribution in [2.75, 3.05) is 24.6 Å². The van der Waals surface area contributed by atoms with Crippen molar-refractivity contribution in [1.29, 1.82) is 0 Å². The predicted molar refractivity (Wildman–Crippen MR) is 82.3 cm³/mol. The van der Waals surface area contributed by atoms with Gasteiger partial charge in [-0.3, -0.25) is 9.36 Å². The highest BCUT2D eigenvalue weighted by molar-refractivity contribution is 7.99. The first kappa shape index (κ1) is 14.0. The number of amides is 1. The van der Waals surface area contributed by atoms with E-state index < -0.39 is 5.76 Å². The molecule has 110 valence electrons. The van der Waals surface area contributed by atoms with Crippen LogP contribution >= 0.6 is 11.8 Å². The fourth-order valence-electron chi connectivity index (χ4n) is 2.28. The van der Waals surface area contributed by atoms with Crippen molar-refractivity contribution in [2.24, 2.45) is 0 Å². The van der Waals surface area contributed by atoms with E-state index in [2.05, 4.69) is 0 Å². The number of aromatic nitrogens is 1. The minimum Gasteiger partial charge on any atom is -0.408 e. The Morgan fingerprint density at radius 1 is 1.19 bits per heavy atom. The van der Waals surface area contributed by atoms with Gasteiger partial charge in [0, 0.05) is 30.2 Å². The largest absolute Gasteiger partial charge is 0.419 e. The van der Waals surface area contributed by atoms with Crippen LogP contribution in [-0.2, 0) is 11.3 Å². The zero-order chi connectivity index (χ0) is 14.7.